The van der Waals surface area contributed by atoms with Gasteiger partial charge >= 0.3 is 0 Å². The fourth-order valence-electron chi connectivity index (χ4n) is 5.07. The molecule has 1 aliphatic carbocycles. The van der Waals surface area contributed by atoms with Crippen LogP contribution in [0.1, 0.15) is 48.9 Å². The highest BCUT2D eigenvalue weighted by Crippen LogP contribution is 2.46. The van der Waals surface area contributed by atoms with E-state index in [1.54, 1.807) is 19.2 Å². The van der Waals surface area contributed by atoms with Crippen LogP contribution >= 0.6 is 0 Å². The van der Waals surface area contributed by atoms with Gasteiger partial charge in [0.05, 0.1) is 22.5 Å². The van der Waals surface area contributed by atoms with Gasteiger partial charge in [0.1, 0.15) is 23.1 Å². The molecule has 2 N–H and O–H groups in total. The number of benzene rings is 1. The Morgan fingerprint density at radius 3 is 2.64 bits per heavy atom. The number of amides is 2. The van der Waals surface area contributed by atoms with Crippen molar-refractivity contribution in [1.29, 1.82) is 0 Å². The van der Waals surface area contributed by atoms with Crippen molar-refractivity contribution in [3.05, 3.63) is 77.6 Å². The lowest BCUT2D eigenvalue weighted by Gasteiger charge is -2.34. The number of nitrogens with one attached hydrogen (secondary N) is 1. The van der Waals surface area contributed by atoms with E-state index in [0.29, 0.717) is 43.0 Å². The number of anilines is 2. The van der Waals surface area contributed by atoms with Gasteiger partial charge in [-0.25, -0.2) is 13.8 Å². The molecule has 0 aliphatic heterocycles. The van der Waals surface area contributed by atoms with Crippen molar-refractivity contribution in [2.45, 2.75) is 45.1 Å². The topological polar surface area (TPSA) is 111 Å². The van der Waals surface area contributed by atoms with Gasteiger partial charge in [-0.1, -0.05) is 12.1 Å². The molecule has 220 valence electrons. The number of halogens is 2. The summed E-state index contributed by atoms with van der Waals surface area (Å²) in [5.41, 5.74) is 1.22. The van der Waals surface area contributed by atoms with Crippen LogP contribution in [0.15, 0.2) is 54.2 Å². The summed E-state index contributed by atoms with van der Waals surface area (Å²) in [4.78, 5) is 40.5. The number of carbonyl (C=O) groups is 2. The van der Waals surface area contributed by atoms with Crippen LogP contribution in [-0.4, -0.2) is 64.8 Å². The van der Waals surface area contributed by atoms with Crippen LogP contribution in [0.2, 0.25) is 0 Å². The minimum absolute atomic E-state index is 0.0122. The van der Waals surface area contributed by atoms with Crippen LogP contribution in [0.25, 0.3) is 11.3 Å². The fourth-order valence-corrected chi connectivity index (χ4v) is 5.07. The third-order valence-electron chi connectivity index (χ3n) is 7.24. The van der Waals surface area contributed by atoms with Crippen molar-refractivity contribution in [3.8, 4) is 17.0 Å². The number of hydrogen-bond donors (Lipinski definition) is 2. The van der Waals surface area contributed by atoms with Crippen molar-refractivity contribution >= 4 is 30.2 Å². The molecule has 2 heterocycles. The van der Waals surface area contributed by atoms with Gasteiger partial charge in [-0.2, -0.15) is 0 Å². The monoisotopic (exact) mass is 576 g/mol. The maximum atomic E-state index is 16.0. The highest BCUT2D eigenvalue weighted by Gasteiger charge is 2.33. The van der Waals surface area contributed by atoms with Crippen molar-refractivity contribution in [3.63, 3.8) is 0 Å². The summed E-state index contributed by atoms with van der Waals surface area (Å²) in [5.74, 6) is -1.79. The molecule has 1 aliphatic rings. The first-order valence-corrected chi connectivity index (χ1v) is 13.7. The first kappa shape index (κ1) is 30.3. The number of aromatic hydroxyl groups is 1. The first-order chi connectivity index (χ1) is 20.3. The van der Waals surface area contributed by atoms with Gasteiger partial charge in [-0.3, -0.25) is 24.5 Å². The van der Waals surface area contributed by atoms with Gasteiger partial charge < -0.3 is 15.3 Å². The van der Waals surface area contributed by atoms with E-state index in [2.05, 4.69) is 26.9 Å². The lowest BCUT2D eigenvalue weighted by molar-refractivity contribution is -0.109. The van der Waals surface area contributed by atoms with E-state index < -0.39 is 28.6 Å². The van der Waals surface area contributed by atoms with Crippen LogP contribution in [0.4, 0.5) is 20.3 Å². The minimum Gasteiger partial charge on any atom is -0.507 e. The van der Waals surface area contributed by atoms with Crippen LogP contribution in [-0.2, 0) is 9.59 Å². The summed E-state index contributed by atoms with van der Waals surface area (Å²) in [7, 11) is 1.53. The molecule has 0 bridgehead atoms. The van der Waals surface area contributed by atoms with Gasteiger partial charge in [0, 0.05) is 32.4 Å². The van der Waals surface area contributed by atoms with Gasteiger partial charge in [-0.15, -0.1) is 6.58 Å². The first-order valence-electron chi connectivity index (χ1n) is 13.7. The Kier molecular flexibility index (Phi) is 9.61. The number of carbonyl (C=O) groups excluding carboxylic acids is 2. The molecule has 3 aromatic rings. The molecule has 1 atom stereocenters. The average Bonchev–Trinajstić information content (AvgIpc) is 3.82. The Morgan fingerprint density at radius 1 is 1.26 bits per heavy atom. The number of pyridine rings is 2. The highest BCUT2D eigenvalue weighted by atomic mass is 19.1. The minimum atomic E-state index is -0.922. The average molecular weight is 577 g/mol. The zero-order valence-electron chi connectivity index (χ0n) is 23.8. The molecule has 9 nitrogen and oxygen atoms in total. The maximum Gasteiger partial charge on any atom is 0.219 e. The number of rotatable bonds is 13. The second-order valence-corrected chi connectivity index (χ2v) is 10.1. The number of amidine groups is 1. The summed E-state index contributed by atoms with van der Waals surface area (Å²) >= 11 is 0. The van der Waals surface area contributed by atoms with Gasteiger partial charge in [-0.05, 0) is 68.9 Å². The predicted octanol–water partition coefficient (Wildman–Crippen LogP) is 5.00. The molecule has 1 aromatic carbocycles. The largest absolute Gasteiger partial charge is 0.507 e. The molecule has 0 spiro atoms. The van der Waals surface area contributed by atoms with Crippen LogP contribution in [0, 0.1) is 18.6 Å². The number of nitrogens with zero attached hydrogens (tertiary/aromatic N) is 5. The van der Waals surface area contributed by atoms with Gasteiger partial charge in [0.15, 0.2) is 11.6 Å². The summed E-state index contributed by atoms with van der Waals surface area (Å²) in [6.45, 7) is 8.11. The van der Waals surface area contributed by atoms with E-state index in [1.165, 1.54) is 24.1 Å². The molecule has 4 rings (SSSR count). The number of phenols is 1. The molecule has 0 saturated heterocycles. The molecule has 2 amide bonds. The number of phenolic OH excluding ortho intramolecular Hbond substituents is 1. The Hall–Kier alpha value is -4.67. The van der Waals surface area contributed by atoms with E-state index in [9.17, 15) is 19.1 Å². The molecular formula is C31H34F2N6O3. The quantitative estimate of drug-likeness (QED) is 0.128. The smallest absolute Gasteiger partial charge is 0.219 e. The molecular weight excluding hydrogens is 542 g/mol. The predicted molar refractivity (Wildman–Crippen MR) is 158 cm³/mol. The SMILES string of the molecule is C=CCCN(/C(=N/C)c1cc(F)c(-c2c(O)cccc2F)nc1N(C=O)c1c(C2CC2)ccnc1C)C(C)CNC=O. The van der Waals surface area contributed by atoms with E-state index in [1.807, 2.05) is 17.9 Å². The standard InChI is InChI=1S/C31H34F2N6O3/c1-5-6-14-38(19(2)16-35-17-40)30(34-4)23-15-25(33)28(27-24(32)8-7-9-26(27)42)37-31(23)39(18-41)29-20(3)36-13-12-22(29)21-10-11-21/h5,7-9,12-13,15,17-19,21,42H,1,6,10-11,14,16H2,2-4H3,(H,35,40)/b34-30+. The lowest BCUT2D eigenvalue weighted by Crippen LogP contribution is -2.45. The Morgan fingerprint density at radius 2 is 2.02 bits per heavy atom. The van der Waals surface area contributed by atoms with Crippen molar-refractivity contribution in [1.82, 2.24) is 20.2 Å². The lowest BCUT2D eigenvalue weighted by atomic mass is 10.0. The molecule has 11 heteroatoms. The van der Waals surface area contributed by atoms with E-state index in [4.69, 9.17) is 0 Å². The van der Waals surface area contributed by atoms with E-state index >= 15 is 4.39 Å². The van der Waals surface area contributed by atoms with Crippen molar-refractivity contribution in [2.75, 3.05) is 25.0 Å². The second-order valence-electron chi connectivity index (χ2n) is 10.1. The Bertz CT molecular complexity index is 1490. The number of hydrogen-bond acceptors (Lipinski definition) is 6. The van der Waals surface area contributed by atoms with Gasteiger partial charge in [0.25, 0.3) is 0 Å². The van der Waals surface area contributed by atoms with Crippen LogP contribution in [0.5, 0.6) is 5.75 Å². The number of aromatic nitrogens is 2. The zero-order valence-corrected chi connectivity index (χ0v) is 23.8. The molecule has 2 aromatic heterocycles. The molecule has 1 saturated carbocycles. The summed E-state index contributed by atoms with van der Waals surface area (Å²) in [6.07, 6.45) is 6.99. The fraction of sp³-hybridized carbons (Fsp3) is 0.323. The van der Waals surface area contributed by atoms with E-state index in [0.717, 1.165) is 30.5 Å². The molecule has 42 heavy (non-hydrogen) atoms. The van der Waals surface area contributed by atoms with Crippen molar-refractivity contribution < 1.29 is 23.5 Å². The Balaban J connectivity index is 2.01. The summed E-state index contributed by atoms with van der Waals surface area (Å²) in [5, 5.41) is 13.2. The number of aliphatic imine (C=N–C) groups is 1. The summed E-state index contributed by atoms with van der Waals surface area (Å²) in [6, 6.07) is 6.32. The van der Waals surface area contributed by atoms with Gasteiger partial charge in [0.2, 0.25) is 12.8 Å². The maximum absolute atomic E-state index is 16.0. The van der Waals surface area contributed by atoms with E-state index in [-0.39, 0.29) is 29.9 Å². The molecule has 0 radical (unpaired) electrons. The van der Waals surface area contributed by atoms with Crippen LogP contribution < -0.4 is 10.2 Å². The van der Waals surface area contributed by atoms with Crippen molar-refractivity contribution in [2.24, 2.45) is 4.99 Å². The summed E-state index contributed by atoms with van der Waals surface area (Å²) < 4.78 is 30.9. The highest BCUT2D eigenvalue weighted by molar-refractivity contribution is 6.06. The third-order valence-corrected chi connectivity index (χ3v) is 7.24. The Labute approximate surface area is 243 Å². The third kappa shape index (κ3) is 6.14. The second kappa shape index (κ2) is 13.3. The molecule has 1 unspecified atom stereocenters. The zero-order chi connectivity index (χ0) is 30.4. The normalized spacial score (nSPS) is 13.8. The molecule has 1 fully saturated rings. The number of aryl methyl sites for hydroxylation is 1. The van der Waals surface area contributed by atoms with Crippen LogP contribution in [0.3, 0.4) is 0 Å².